The number of anilines is 1. The number of alkyl halides is 3. The van der Waals surface area contributed by atoms with Gasteiger partial charge in [0.25, 0.3) is 0 Å². The topological polar surface area (TPSA) is 49.3 Å². The first-order valence-corrected chi connectivity index (χ1v) is 3.48. The highest BCUT2D eigenvalue weighted by molar-refractivity contribution is 5.73. The zero-order valence-corrected chi connectivity index (χ0v) is 6.72. The van der Waals surface area contributed by atoms with Gasteiger partial charge in [0.05, 0.1) is 5.56 Å². The summed E-state index contributed by atoms with van der Waals surface area (Å²) in [5.74, 6) is -0.572. The number of rotatable bonds is 2. The van der Waals surface area contributed by atoms with Gasteiger partial charge in [-0.3, -0.25) is 4.79 Å². The Balaban J connectivity index is 3.13. The fraction of sp³-hybridized carbons (Fsp3) is 0.125. The molecule has 0 aromatic heterocycles. The highest BCUT2D eigenvalue weighted by Crippen LogP contribution is 2.33. The molecular weight excluding hydrogens is 199 g/mol. The number of halogens is 3. The van der Waals surface area contributed by atoms with Crippen molar-refractivity contribution in [1.29, 1.82) is 0 Å². The molecule has 0 saturated heterocycles. The molecule has 0 aliphatic carbocycles. The molecule has 2 N–H and O–H groups in total. The Kier molecular flexibility index (Phi) is 2.64. The number of benzene rings is 1. The van der Waals surface area contributed by atoms with Crippen LogP contribution in [0.15, 0.2) is 18.2 Å². The second kappa shape index (κ2) is 3.57. The molecule has 0 atom stereocenters. The fourth-order valence-corrected chi connectivity index (χ4v) is 0.906. The average molecular weight is 204 g/mol. The first kappa shape index (κ1) is 10.4. The largest absolute Gasteiger partial charge is 0.508 e. The van der Waals surface area contributed by atoms with E-state index in [4.69, 9.17) is 5.11 Å². The van der Waals surface area contributed by atoms with Crippen molar-refractivity contribution in [2.24, 2.45) is 0 Å². The van der Waals surface area contributed by atoms with Crippen molar-refractivity contribution in [3.63, 3.8) is 0 Å². The highest BCUT2D eigenvalue weighted by atomic mass is 19.4. The summed E-state index contributed by atoms with van der Waals surface area (Å²) in [5.41, 5.74) is -1.19. The summed E-state index contributed by atoms with van der Waals surface area (Å²) in [6, 6.07) is 2.25. The summed E-state index contributed by atoms with van der Waals surface area (Å²) in [4.78, 5) is 9.85. The van der Waals surface area contributed by atoms with Gasteiger partial charge < -0.3 is 10.4 Å². The third kappa shape index (κ3) is 2.38. The Bertz CT molecular complexity index is 349. The van der Waals surface area contributed by atoms with Gasteiger partial charge in [-0.1, -0.05) is 0 Å². The Hall–Kier alpha value is -1.72. The van der Waals surface area contributed by atoms with Crippen molar-refractivity contribution < 1.29 is 23.1 Å². The van der Waals surface area contributed by atoms with Gasteiger partial charge in [-0.15, -0.1) is 0 Å². The molecular formula is C8H5F3NO2. The highest BCUT2D eigenvalue weighted by Gasteiger charge is 2.31. The van der Waals surface area contributed by atoms with Gasteiger partial charge >= 0.3 is 12.6 Å². The quantitative estimate of drug-likeness (QED) is 0.722. The molecule has 0 bridgehead atoms. The zero-order chi connectivity index (χ0) is 10.8. The molecule has 3 nitrogen and oxygen atoms in total. The molecule has 0 aliphatic rings. The van der Waals surface area contributed by atoms with Gasteiger partial charge in [-0.25, -0.2) is 0 Å². The third-order valence-electron chi connectivity index (χ3n) is 1.44. The van der Waals surface area contributed by atoms with E-state index in [1.807, 2.05) is 5.32 Å². The average Bonchev–Trinajstić information content (AvgIpc) is 2.02. The maximum absolute atomic E-state index is 12.2. The van der Waals surface area contributed by atoms with Crippen LogP contribution in [0.2, 0.25) is 0 Å². The molecule has 0 aliphatic heterocycles. The minimum Gasteiger partial charge on any atom is -0.508 e. The molecule has 0 unspecified atom stereocenters. The van der Waals surface area contributed by atoms with Crippen molar-refractivity contribution in [3.8, 4) is 5.75 Å². The lowest BCUT2D eigenvalue weighted by Crippen LogP contribution is -2.05. The van der Waals surface area contributed by atoms with Crippen molar-refractivity contribution >= 4 is 12.1 Å². The number of nitrogens with one attached hydrogen (secondary N) is 1. The van der Waals surface area contributed by atoms with Crippen LogP contribution in [0, 0.1) is 0 Å². The molecule has 1 aromatic rings. The van der Waals surface area contributed by atoms with Gasteiger partial charge in [0.2, 0.25) is 0 Å². The second-order valence-electron chi connectivity index (χ2n) is 2.49. The van der Waals surface area contributed by atoms with Gasteiger partial charge in [0, 0.05) is 11.8 Å². The minimum atomic E-state index is -4.56. The number of carbonyl (C=O) groups excluding carboxylic acids is 1. The van der Waals surface area contributed by atoms with Crippen LogP contribution < -0.4 is 5.32 Å². The summed E-state index contributed by atoms with van der Waals surface area (Å²) in [6.07, 6.45) is -3.35. The molecule has 1 radical (unpaired) electrons. The van der Waals surface area contributed by atoms with Gasteiger partial charge in [0.15, 0.2) is 0 Å². The van der Waals surface area contributed by atoms with Crippen molar-refractivity contribution in [1.82, 2.24) is 0 Å². The van der Waals surface area contributed by atoms with E-state index in [9.17, 15) is 18.0 Å². The van der Waals surface area contributed by atoms with E-state index in [0.717, 1.165) is 6.07 Å². The van der Waals surface area contributed by atoms with Crippen molar-refractivity contribution in [2.45, 2.75) is 6.18 Å². The summed E-state index contributed by atoms with van der Waals surface area (Å²) < 4.78 is 36.5. The number of phenolic OH excluding ortho intramolecular Hbond substituents is 1. The predicted octanol–water partition coefficient (Wildman–Crippen LogP) is 1.89. The van der Waals surface area contributed by atoms with Crippen LogP contribution in [0.1, 0.15) is 5.56 Å². The van der Waals surface area contributed by atoms with E-state index < -0.39 is 17.5 Å². The number of hydrogen-bond acceptors (Lipinski definition) is 2. The molecule has 1 amide bonds. The maximum atomic E-state index is 12.2. The summed E-state index contributed by atoms with van der Waals surface area (Å²) in [6.45, 7) is 0. The van der Waals surface area contributed by atoms with E-state index in [1.165, 1.54) is 6.41 Å². The lowest BCUT2D eigenvalue weighted by atomic mass is 10.2. The van der Waals surface area contributed by atoms with Gasteiger partial charge in [-0.05, 0) is 12.1 Å². The minimum absolute atomic E-state index is 0.160. The molecule has 75 valence electrons. The van der Waals surface area contributed by atoms with Crippen LogP contribution in [0.3, 0.4) is 0 Å². The molecule has 14 heavy (non-hydrogen) atoms. The Morgan fingerprint density at radius 1 is 1.29 bits per heavy atom. The Labute approximate surface area is 77.2 Å². The number of amides is 1. The van der Waals surface area contributed by atoms with E-state index in [2.05, 4.69) is 0 Å². The first-order valence-electron chi connectivity index (χ1n) is 3.48. The van der Waals surface area contributed by atoms with Crippen LogP contribution in [0.25, 0.3) is 0 Å². The van der Waals surface area contributed by atoms with Crippen molar-refractivity contribution in [2.75, 3.05) is 5.32 Å². The summed E-state index contributed by atoms with van der Waals surface area (Å²) in [5, 5.41) is 10.8. The fourth-order valence-electron chi connectivity index (χ4n) is 0.906. The van der Waals surface area contributed by atoms with Crippen molar-refractivity contribution in [3.05, 3.63) is 23.8 Å². The smallest absolute Gasteiger partial charge is 0.416 e. The standard InChI is InChI=1S/C8H5F3NO2/c9-8(10,11)5-1-6(12-4-13)3-7(14)2-5/h1-3,14H,(H,12,13). The Morgan fingerprint density at radius 3 is 2.43 bits per heavy atom. The SMILES string of the molecule is O=[C]Nc1cc(O)cc(C(F)(F)F)c1. The van der Waals surface area contributed by atoms with Gasteiger partial charge in [-0.2, -0.15) is 13.2 Å². The van der Waals surface area contributed by atoms with Gasteiger partial charge in [0.1, 0.15) is 5.75 Å². The summed E-state index contributed by atoms with van der Waals surface area (Å²) in [7, 11) is 0. The van der Waals surface area contributed by atoms with Crippen LogP contribution in [0.4, 0.5) is 18.9 Å². The van der Waals surface area contributed by atoms with E-state index in [1.54, 1.807) is 0 Å². The first-order chi connectivity index (χ1) is 6.43. The van der Waals surface area contributed by atoms with Crippen LogP contribution in [0.5, 0.6) is 5.75 Å². The van der Waals surface area contributed by atoms with E-state index >= 15 is 0 Å². The molecule has 0 fully saturated rings. The normalized spacial score (nSPS) is 11.1. The third-order valence-corrected chi connectivity index (χ3v) is 1.44. The molecule has 6 heteroatoms. The Morgan fingerprint density at radius 2 is 1.93 bits per heavy atom. The number of phenols is 1. The maximum Gasteiger partial charge on any atom is 0.416 e. The molecule has 0 heterocycles. The molecule has 1 rings (SSSR count). The van der Waals surface area contributed by atoms with Crippen LogP contribution in [-0.2, 0) is 11.0 Å². The lowest BCUT2D eigenvalue weighted by molar-refractivity contribution is -0.137. The number of hydrogen-bond donors (Lipinski definition) is 2. The van der Waals surface area contributed by atoms with E-state index in [-0.39, 0.29) is 5.69 Å². The molecule has 0 saturated carbocycles. The van der Waals surface area contributed by atoms with E-state index in [0.29, 0.717) is 12.1 Å². The van der Waals surface area contributed by atoms with Crippen LogP contribution >= 0.6 is 0 Å². The van der Waals surface area contributed by atoms with Crippen LogP contribution in [-0.4, -0.2) is 11.5 Å². The predicted molar refractivity (Wildman–Crippen MR) is 42.4 cm³/mol. The zero-order valence-electron chi connectivity index (χ0n) is 6.72. The summed E-state index contributed by atoms with van der Waals surface area (Å²) >= 11 is 0. The monoisotopic (exact) mass is 204 g/mol. The lowest BCUT2D eigenvalue weighted by Gasteiger charge is -2.08. The molecule has 1 aromatic carbocycles. The molecule has 0 spiro atoms. The second-order valence-corrected chi connectivity index (χ2v) is 2.49. The number of aromatic hydroxyl groups is 1.